The van der Waals surface area contributed by atoms with E-state index in [-0.39, 0.29) is 12.2 Å². The summed E-state index contributed by atoms with van der Waals surface area (Å²) in [6.45, 7) is 5.64. The summed E-state index contributed by atoms with van der Waals surface area (Å²) in [5.74, 6) is 0. The van der Waals surface area contributed by atoms with Gasteiger partial charge in [0, 0.05) is 32.2 Å². The largest absolute Gasteiger partial charge is 0.446 e. The van der Waals surface area contributed by atoms with Gasteiger partial charge in [-0.05, 0) is 38.8 Å². The van der Waals surface area contributed by atoms with Crippen LogP contribution in [0.4, 0.5) is 4.79 Å². The number of carbonyl (C=O) groups is 1. The van der Waals surface area contributed by atoms with Crippen LogP contribution in [0.1, 0.15) is 32.1 Å². The van der Waals surface area contributed by atoms with Gasteiger partial charge in [0.2, 0.25) is 0 Å². The van der Waals surface area contributed by atoms with E-state index in [1.54, 1.807) is 0 Å². The molecule has 19 heavy (non-hydrogen) atoms. The van der Waals surface area contributed by atoms with Gasteiger partial charge in [0.25, 0.3) is 0 Å². The van der Waals surface area contributed by atoms with Crippen molar-refractivity contribution in [2.75, 3.05) is 39.3 Å². The minimum atomic E-state index is -0.0971. The summed E-state index contributed by atoms with van der Waals surface area (Å²) >= 11 is 0. The minimum absolute atomic E-state index is 0.0971. The molecule has 1 amide bonds. The molecule has 0 radical (unpaired) electrons. The van der Waals surface area contributed by atoms with E-state index in [0.717, 1.165) is 58.2 Å². The number of nitrogens with one attached hydrogen (secondary N) is 1. The highest BCUT2D eigenvalue weighted by molar-refractivity contribution is 5.68. The fourth-order valence-corrected chi connectivity index (χ4v) is 3.15. The second-order valence-electron chi connectivity index (χ2n) is 5.94. The lowest BCUT2D eigenvalue weighted by molar-refractivity contribution is 0.0215. The number of nitrogens with zero attached hydrogens (tertiary/aromatic N) is 2. The summed E-state index contributed by atoms with van der Waals surface area (Å²) in [6.07, 6.45) is 6.00. The number of ether oxygens (including phenoxy) is 1. The Morgan fingerprint density at radius 2 is 1.68 bits per heavy atom. The van der Waals surface area contributed by atoms with Crippen LogP contribution in [0.5, 0.6) is 0 Å². The number of hydrogen-bond acceptors (Lipinski definition) is 4. The van der Waals surface area contributed by atoms with Crippen molar-refractivity contribution in [1.29, 1.82) is 0 Å². The second kappa shape index (κ2) is 6.09. The third-order valence-electron chi connectivity index (χ3n) is 4.72. The van der Waals surface area contributed by atoms with E-state index in [4.69, 9.17) is 4.74 Å². The van der Waals surface area contributed by atoms with Crippen molar-refractivity contribution in [2.24, 2.45) is 0 Å². The number of piperazine rings is 1. The summed E-state index contributed by atoms with van der Waals surface area (Å²) in [5.41, 5.74) is 0. The van der Waals surface area contributed by atoms with E-state index in [0.29, 0.717) is 0 Å². The summed E-state index contributed by atoms with van der Waals surface area (Å²) in [6, 6.07) is 0.794. The zero-order valence-corrected chi connectivity index (χ0v) is 11.6. The molecule has 2 heterocycles. The number of carbonyl (C=O) groups excluding carboxylic acids is 1. The average Bonchev–Trinajstić information content (AvgIpc) is 2.39. The average molecular weight is 267 g/mol. The molecule has 3 aliphatic rings. The van der Waals surface area contributed by atoms with Crippen molar-refractivity contribution < 1.29 is 9.53 Å². The Balaban J connectivity index is 1.41. The van der Waals surface area contributed by atoms with E-state index >= 15 is 0 Å². The zero-order valence-electron chi connectivity index (χ0n) is 11.6. The van der Waals surface area contributed by atoms with Crippen LogP contribution in [0, 0.1) is 0 Å². The van der Waals surface area contributed by atoms with Crippen LogP contribution in [0.15, 0.2) is 0 Å². The first-order chi connectivity index (χ1) is 9.33. The quantitative estimate of drug-likeness (QED) is 0.812. The maximum Gasteiger partial charge on any atom is 0.410 e. The molecule has 0 aromatic heterocycles. The van der Waals surface area contributed by atoms with Crippen LogP contribution in [0.25, 0.3) is 0 Å². The van der Waals surface area contributed by atoms with Crippen molar-refractivity contribution in [1.82, 2.24) is 15.1 Å². The van der Waals surface area contributed by atoms with Gasteiger partial charge in [-0.25, -0.2) is 4.79 Å². The predicted molar refractivity (Wildman–Crippen MR) is 73.2 cm³/mol. The molecule has 5 heteroatoms. The van der Waals surface area contributed by atoms with Crippen LogP contribution in [-0.4, -0.2) is 67.3 Å². The van der Waals surface area contributed by atoms with Gasteiger partial charge in [-0.2, -0.15) is 0 Å². The summed E-state index contributed by atoms with van der Waals surface area (Å²) < 4.78 is 5.60. The van der Waals surface area contributed by atoms with E-state index in [1.165, 1.54) is 19.3 Å². The van der Waals surface area contributed by atoms with Gasteiger partial charge in [-0.15, -0.1) is 0 Å². The van der Waals surface area contributed by atoms with E-state index in [9.17, 15) is 4.79 Å². The molecule has 3 fully saturated rings. The normalized spacial score (nSPS) is 27.1. The fourth-order valence-electron chi connectivity index (χ4n) is 3.15. The van der Waals surface area contributed by atoms with Crippen molar-refractivity contribution in [2.45, 2.75) is 44.2 Å². The van der Waals surface area contributed by atoms with Crippen LogP contribution >= 0.6 is 0 Å². The van der Waals surface area contributed by atoms with Gasteiger partial charge in [0.05, 0.1) is 0 Å². The van der Waals surface area contributed by atoms with Crippen LogP contribution < -0.4 is 5.32 Å². The lowest BCUT2D eigenvalue weighted by Crippen LogP contribution is -2.54. The first-order valence-corrected chi connectivity index (χ1v) is 7.73. The molecule has 2 saturated heterocycles. The highest BCUT2D eigenvalue weighted by atomic mass is 16.6. The maximum atomic E-state index is 12.1. The number of rotatable bonds is 2. The molecule has 5 nitrogen and oxygen atoms in total. The molecule has 0 aromatic rings. The Bertz CT molecular complexity index is 306. The molecule has 1 aliphatic carbocycles. The van der Waals surface area contributed by atoms with Crippen molar-refractivity contribution in [3.05, 3.63) is 0 Å². The van der Waals surface area contributed by atoms with Crippen molar-refractivity contribution in [3.8, 4) is 0 Å². The molecule has 1 saturated carbocycles. The molecule has 0 spiro atoms. The first kappa shape index (κ1) is 13.2. The molecule has 3 rings (SSSR count). The Morgan fingerprint density at radius 3 is 2.26 bits per heavy atom. The topological polar surface area (TPSA) is 44.8 Å². The summed E-state index contributed by atoms with van der Waals surface area (Å²) in [4.78, 5) is 16.5. The highest BCUT2D eigenvalue weighted by Crippen LogP contribution is 2.25. The molecular formula is C14H25N3O2. The monoisotopic (exact) mass is 267 g/mol. The van der Waals surface area contributed by atoms with E-state index in [2.05, 4.69) is 10.2 Å². The molecular weight excluding hydrogens is 242 g/mol. The molecule has 0 unspecified atom stereocenters. The van der Waals surface area contributed by atoms with Crippen LogP contribution in [0.3, 0.4) is 0 Å². The lowest BCUT2D eigenvalue weighted by Gasteiger charge is -2.42. The Labute approximate surface area is 115 Å². The summed E-state index contributed by atoms with van der Waals surface area (Å²) in [5, 5.41) is 3.29. The maximum absolute atomic E-state index is 12.1. The number of piperidine rings is 1. The third kappa shape index (κ3) is 3.20. The van der Waals surface area contributed by atoms with Gasteiger partial charge in [0.15, 0.2) is 0 Å². The zero-order chi connectivity index (χ0) is 13.1. The van der Waals surface area contributed by atoms with Crippen LogP contribution in [0.2, 0.25) is 0 Å². The van der Waals surface area contributed by atoms with E-state index in [1.807, 2.05) is 4.90 Å². The number of hydrogen-bond donors (Lipinski definition) is 1. The van der Waals surface area contributed by atoms with Gasteiger partial charge in [0.1, 0.15) is 6.10 Å². The van der Waals surface area contributed by atoms with Crippen molar-refractivity contribution >= 4 is 6.09 Å². The second-order valence-corrected chi connectivity index (χ2v) is 5.94. The first-order valence-electron chi connectivity index (χ1n) is 7.73. The van der Waals surface area contributed by atoms with Gasteiger partial charge in [-0.3, -0.25) is 4.90 Å². The molecule has 1 N–H and O–H groups in total. The molecule has 0 bridgehead atoms. The van der Waals surface area contributed by atoms with Gasteiger partial charge < -0.3 is 15.0 Å². The third-order valence-corrected chi connectivity index (χ3v) is 4.72. The van der Waals surface area contributed by atoms with Gasteiger partial charge in [-0.1, -0.05) is 6.42 Å². The van der Waals surface area contributed by atoms with Crippen molar-refractivity contribution in [3.63, 3.8) is 0 Å². The lowest BCUT2D eigenvalue weighted by atomic mass is 9.91. The molecule has 108 valence electrons. The fraction of sp³-hybridized carbons (Fsp3) is 0.929. The predicted octanol–water partition coefficient (Wildman–Crippen LogP) is 1.05. The Hall–Kier alpha value is -0.810. The SMILES string of the molecule is O=C(OC1CCNCC1)N1CCN(C2CCC2)CC1. The molecule has 2 aliphatic heterocycles. The Kier molecular flexibility index (Phi) is 4.23. The van der Waals surface area contributed by atoms with Crippen LogP contribution in [-0.2, 0) is 4.74 Å². The standard InChI is InChI=1S/C14H25N3O2/c18-14(19-13-4-6-15-7-5-13)17-10-8-16(9-11-17)12-2-1-3-12/h12-13,15H,1-11H2. The Morgan fingerprint density at radius 1 is 1.00 bits per heavy atom. The smallest absolute Gasteiger partial charge is 0.410 e. The summed E-state index contributed by atoms with van der Waals surface area (Å²) in [7, 11) is 0. The number of amides is 1. The van der Waals surface area contributed by atoms with Gasteiger partial charge >= 0.3 is 6.09 Å². The highest BCUT2D eigenvalue weighted by Gasteiger charge is 2.30. The molecule has 0 aromatic carbocycles. The van der Waals surface area contributed by atoms with E-state index < -0.39 is 0 Å². The minimum Gasteiger partial charge on any atom is -0.446 e. The molecule has 0 atom stereocenters.